The zero-order chi connectivity index (χ0) is 22.6. The van der Waals surface area contributed by atoms with E-state index in [9.17, 15) is 14.0 Å². The minimum Gasteiger partial charge on any atom is -0.378 e. The molecule has 5 unspecified atom stereocenters. The molecule has 32 heavy (non-hydrogen) atoms. The molecule has 0 radical (unpaired) electrons. The van der Waals surface area contributed by atoms with Crippen LogP contribution >= 0.6 is 0 Å². The fraction of sp³-hybridized carbons (Fsp3) is 0.571. The van der Waals surface area contributed by atoms with Gasteiger partial charge in [0, 0.05) is 38.0 Å². The molecular formula is C28H34FNO2. The highest BCUT2D eigenvalue weighted by Gasteiger charge is 2.58. The van der Waals surface area contributed by atoms with Crippen LogP contribution in [0, 0.1) is 23.2 Å². The van der Waals surface area contributed by atoms with Gasteiger partial charge in [-0.15, -0.1) is 0 Å². The Morgan fingerprint density at radius 1 is 1.09 bits per heavy atom. The van der Waals surface area contributed by atoms with Crippen LogP contribution in [0.5, 0.6) is 0 Å². The van der Waals surface area contributed by atoms with Crippen LogP contribution in [0.1, 0.15) is 63.4 Å². The second kappa shape index (κ2) is 7.97. The molecule has 0 aromatic heterocycles. The standard InChI is InChI=1S/C28H34FNO2/c1-28-15-23(17-4-7-19(8-5-17)30(2)3)27-21-11-9-20(31)14-18(21)6-10-22(27)24(28)12-13-25(28)26(32)16-29/h4-5,7-8,14,22-25H,6,9-13,15-16H2,1-3H3. The fourth-order valence-corrected chi connectivity index (χ4v) is 7.58. The summed E-state index contributed by atoms with van der Waals surface area (Å²) in [6, 6.07) is 8.82. The van der Waals surface area contributed by atoms with Gasteiger partial charge in [0.2, 0.25) is 0 Å². The van der Waals surface area contributed by atoms with Crippen LogP contribution in [0.15, 0.2) is 47.1 Å². The van der Waals surface area contributed by atoms with Crippen molar-refractivity contribution in [3.8, 4) is 0 Å². The lowest BCUT2D eigenvalue weighted by Crippen LogP contribution is -2.45. The van der Waals surface area contributed by atoms with E-state index in [1.165, 1.54) is 28.0 Å². The molecule has 1 aromatic rings. The molecule has 0 aliphatic heterocycles. The molecule has 4 aliphatic carbocycles. The number of hydrogen-bond acceptors (Lipinski definition) is 3. The predicted octanol–water partition coefficient (Wildman–Crippen LogP) is 5.81. The molecule has 0 bridgehead atoms. The van der Waals surface area contributed by atoms with Gasteiger partial charge in [-0.05, 0) is 90.7 Å². The summed E-state index contributed by atoms with van der Waals surface area (Å²) >= 11 is 0. The Balaban J connectivity index is 1.64. The van der Waals surface area contributed by atoms with Gasteiger partial charge in [0.15, 0.2) is 11.6 Å². The molecule has 4 aliphatic rings. The van der Waals surface area contributed by atoms with E-state index >= 15 is 0 Å². The number of anilines is 1. The Morgan fingerprint density at radius 2 is 1.84 bits per heavy atom. The highest BCUT2D eigenvalue weighted by atomic mass is 19.1. The number of hydrogen-bond donors (Lipinski definition) is 0. The normalized spacial score (nSPS) is 33.9. The fourth-order valence-electron chi connectivity index (χ4n) is 7.58. The van der Waals surface area contributed by atoms with Gasteiger partial charge >= 0.3 is 0 Å². The summed E-state index contributed by atoms with van der Waals surface area (Å²) in [5.41, 5.74) is 6.50. The van der Waals surface area contributed by atoms with Crippen molar-refractivity contribution >= 4 is 17.3 Å². The number of carbonyl (C=O) groups is 2. The van der Waals surface area contributed by atoms with Crippen molar-refractivity contribution in [3.05, 3.63) is 52.6 Å². The Kier molecular flexibility index (Phi) is 5.38. The first-order valence-corrected chi connectivity index (χ1v) is 12.2. The van der Waals surface area contributed by atoms with Gasteiger partial charge in [-0.2, -0.15) is 0 Å². The zero-order valence-electron chi connectivity index (χ0n) is 19.5. The molecule has 3 nitrogen and oxygen atoms in total. The van der Waals surface area contributed by atoms with Gasteiger partial charge in [-0.1, -0.05) is 24.6 Å². The van der Waals surface area contributed by atoms with Crippen LogP contribution in [0.3, 0.4) is 0 Å². The number of Topliss-reactive ketones (excluding diaryl/α,β-unsaturated/α-hetero) is 1. The molecule has 4 heteroatoms. The number of halogens is 1. The predicted molar refractivity (Wildman–Crippen MR) is 126 cm³/mol. The summed E-state index contributed by atoms with van der Waals surface area (Å²) in [6.45, 7) is 1.42. The summed E-state index contributed by atoms with van der Waals surface area (Å²) in [5, 5.41) is 0. The van der Waals surface area contributed by atoms with E-state index in [0.717, 1.165) is 38.5 Å². The highest BCUT2D eigenvalue weighted by Crippen LogP contribution is 2.65. The third-order valence-corrected chi connectivity index (χ3v) is 9.06. The smallest absolute Gasteiger partial charge is 0.167 e. The van der Waals surface area contributed by atoms with Crippen molar-refractivity contribution in [2.24, 2.45) is 23.2 Å². The van der Waals surface area contributed by atoms with Crippen molar-refractivity contribution in [1.29, 1.82) is 0 Å². The summed E-state index contributed by atoms with van der Waals surface area (Å²) in [6.07, 6.45) is 8.06. The number of allylic oxidation sites excluding steroid dienone is 4. The minimum atomic E-state index is -0.844. The monoisotopic (exact) mass is 435 g/mol. The number of carbonyl (C=O) groups excluding carboxylic acids is 2. The van der Waals surface area contributed by atoms with Gasteiger partial charge in [0.1, 0.15) is 6.67 Å². The number of rotatable bonds is 4. The number of fused-ring (bicyclic) bond motifs is 4. The average molecular weight is 436 g/mol. The highest BCUT2D eigenvalue weighted by molar-refractivity contribution is 5.93. The molecule has 0 saturated heterocycles. The Morgan fingerprint density at radius 3 is 2.53 bits per heavy atom. The Bertz CT molecular complexity index is 1000. The molecule has 1 aromatic carbocycles. The van der Waals surface area contributed by atoms with E-state index in [1.54, 1.807) is 0 Å². The van der Waals surface area contributed by atoms with Crippen molar-refractivity contribution < 1.29 is 14.0 Å². The van der Waals surface area contributed by atoms with E-state index in [-0.39, 0.29) is 28.8 Å². The van der Waals surface area contributed by atoms with Gasteiger partial charge < -0.3 is 4.90 Å². The van der Waals surface area contributed by atoms with E-state index in [4.69, 9.17) is 0 Å². The number of ketones is 2. The molecule has 170 valence electrons. The summed E-state index contributed by atoms with van der Waals surface area (Å²) in [4.78, 5) is 26.9. The minimum absolute atomic E-state index is 0.158. The first kappa shape index (κ1) is 21.6. The van der Waals surface area contributed by atoms with E-state index in [2.05, 4.69) is 36.1 Å². The van der Waals surface area contributed by atoms with E-state index in [1.807, 2.05) is 20.2 Å². The van der Waals surface area contributed by atoms with E-state index in [0.29, 0.717) is 18.3 Å². The van der Waals surface area contributed by atoms with E-state index < -0.39 is 6.67 Å². The van der Waals surface area contributed by atoms with Gasteiger partial charge in [0.05, 0.1) is 0 Å². The van der Waals surface area contributed by atoms with Crippen LogP contribution in [-0.2, 0) is 9.59 Å². The zero-order valence-corrected chi connectivity index (χ0v) is 19.5. The Hall–Kier alpha value is -2.23. The second-order valence-corrected chi connectivity index (χ2v) is 10.8. The van der Waals surface area contributed by atoms with Gasteiger partial charge in [-0.25, -0.2) is 4.39 Å². The maximum atomic E-state index is 13.5. The number of benzene rings is 1. The van der Waals surface area contributed by atoms with Gasteiger partial charge in [0.25, 0.3) is 0 Å². The summed E-state index contributed by atoms with van der Waals surface area (Å²) in [5.74, 6) is 0.985. The molecule has 0 amide bonds. The van der Waals surface area contributed by atoms with Crippen LogP contribution in [0.4, 0.5) is 10.1 Å². The number of alkyl halides is 1. The lowest BCUT2D eigenvalue weighted by molar-refractivity contribution is -0.128. The van der Waals surface area contributed by atoms with Crippen molar-refractivity contribution in [2.75, 3.05) is 25.7 Å². The average Bonchev–Trinajstić information content (AvgIpc) is 3.14. The summed E-state index contributed by atoms with van der Waals surface area (Å²) in [7, 11) is 4.09. The van der Waals surface area contributed by atoms with Crippen LogP contribution in [0.25, 0.3) is 0 Å². The first-order valence-electron chi connectivity index (χ1n) is 12.2. The lowest BCUT2D eigenvalue weighted by atomic mass is 9.51. The summed E-state index contributed by atoms with van der Waals surface area (Å²) < 4.78 is 13.5. The number of nitrogens with zero attached hydrogens (tertiary/aromatic N) is 1. The molecule has 5 atom stereocenters. The molecule has 5 rings (SSSR count). The van der Waals surface area contributed by atoms with Gasteiger partial charge in [-0.3, -0.25) is 9.59 Å². The third-order valence-electron chi connectivity index (χ3n) is 9.06. The van der Waals surface area contributed by atoms with Crippen LogP contribution in [0.2, 0.25) is 0 Å². The van der Waals surface area contributed by atoms with Crippen molar-refractivity contribution in [2.45, 2.75) is 57.8 Å². The van der Waals surface area contributed by atoms with Crippen molar-refractivity contribution in [3.63, 3.8) is 0 Å². The molecule has 2 fully saturated rings. The van der Waals surface area contributed by atoms with Crippen LogP contribution < -0.4 is 4.90 Å². The maximum absolute atomic E-state index is 13.5. The molecular weight excluding hydrogens is 401 g/mol. The molecule has 0 heterocycles. The SMILES string of the molecule is CN(C)c1ccc(C2CC3(C)C(C(=O)CF)CCC3C3CCC4=CC(=O)CCC4=C23)cc1. The quantitative estimate of drug-likeness (QED) is 0.599. The topological polar surface area (TPSA) is 37.4 Å². The molecule has 2 saturated carbocycles. The molecule has 0 N–H and O–H groups in total. The first-order chi connectivity index (χ1) is 15.3. The largest absolute Gasteiger partial charge is 0.378 e. The molecule has 0 spiro atoms. The Labute approximate surface area is 190 Å². The van der Waals surface area contributed by atoms with Crippen LogP contribution in [-0.4, -0.2) is 32.3 Å². The lowest BCUT2D eigenvalue weighted by Gasteiger charge is -2.52. The van der Waals surface area contributed by atoms with Crippen molar-refractivity contribution in [1.82, 2.24) is 0 Å². The second-order valence-electron chi connectivity index (χ2n) is 10.8. The maximum Gasteiger partial charge on any atom is 0.167 e. The third kappa shape index (κ3) is 3.29.